The molecule has 1 aliphatic heterocycles. The summed E-state index contributed by atoms with van der Waals surface area (Å²) in [4.78, 5) is 35.3. The highest BCUT2D eigenvalue weighted by Gasteiger charge is 2.33. The Balaban J connectivity index is 1.45. The van der Waals surface area contributed by atoms with Crippen LogP contribution in [0.3, 0.4) is 0 Å². The van der Waals surface area contributed by atoms with E-state index in [1.165, 1.54) is 7.11 Å². The Morgan fingerprint density at radius 3 is 2.33 bits per heavy atom. The average molecular weight is 556 g/mol. The van der Waals surface area contributed by atoms with Crippen molar-refractivity contribution in [3.8, 4) is 33.8 Å². The van der Waals surface area contributed by atoms with Gasteiger partial charge in [0.2, 0.25) is 0 Å². The van der Waals surface area contributed by atoms with Gasteiger partial charge >= 0.3 is 0 Å². The third kappa shape index (κ3) is 4.91. The van der Waals surface area contributed by atoms with E-state index in [2.05, 4.69) is 16.9 Å². The van der Waals surface area contributed by atoms with E-state index in [9.17, 15) is 14.7 Å². The van der Waals surface area contributed by atoms with Gasteiger partial charge in [-0.3, -0.25) is 14.6 Å². The average Bonchev–Trinajstić information content (AvgIpc) is 3.83. The predicted molar refractivity (Wildman–Crippen MR) is 156 cm³/mol. The molecular weight excluding hydrogens is 526 g/mol. The standard InChI is InChI=1S/C32H30ClN3O4/c1-35-11-13-36(14-12-35)32(39)21-7-3-19(4-8-21)29-24-15-22(23-16-26(33)31(38)28(17-23)40-2)9-10-27(24)34-18-25(29)30(37)20-5-6-20/h3-4,7-10,15-18,20,38H,5-6,11-14H2,1-2H3. The molecule has 1 saturated carbocycles. The van der Waals surface area contributed by atoms with E-state index in [1.807, 2.05) is 47.4 Å². The van der Waals surface area contributed by atoms with Crippen molar-refractivity contribution in [2.24, 2.45) is 5.92 Å². The Morgan fingerprint density at radius 1 is 0.950 bits per heavy atom. The molecule has 2 heterocycles. The lowest BCUT2D eigenvalue weighted by Crippen LogP contribution is -2.47. The summed E-state index contributed by atoms with van der Waals surface area (Å²) in [5.74, 6) is 0.314. The van der Waals surface area contributed by atoms with Crippen LogP contribution in [0, 0.1) is 5.92 Å². The van der Waals surface area contributed by atoms with Gasteiger partial charge in [0, 0.05) is 60.4 Å². The summed E-state index contributed by atoms with van der Waals surface area (Å²) in [6, 6.07) is 16.8. The second kappa shape index (κ2) is 10.6. The third-order valence-electron chi connectivity index (χ3n) is 7.87. The van der Waals surface area contributed by atoms with Crippen molar-refractivity contribution < 1.29 is 19.4 Å². The van der Waals surface area contributed by atoms with E-state index in [1.54, 1.807) is 18.3 Å². The number of methoxy groups -OCH3 is 1. The van der Waals surface area contributed by atoms with Gasteiger partial charge in [0.1, 0.15) is 0 Å². The van der Waals surface area contributed by atoms with Gasteiger partial charge in [-0.1, -0.05) is 29.8 Å². The van der Waals surface area contributed by atoms with Gasteiger partial charge in [-0.15, -0.1) is 0 Å². The topological polar surface area (TPSA) is 83.0 Å². The number of ketones is 1. The highest BCUT2D eigenvalue weighted by atomic mass is 35.5. The summed E-state index contributed by atoms with van der Waals surface area (Å²) >= 11 is 6.28. The number of ether oxygens (including phenoxy) is 1. The summed E-state index contributed by atoms with van der Waals surface area (Å²) in [7, 11) is 3.54. The van der Waals surface area contributed by atoms with Crippen LogP contribution >= 0.6 is 11.6 Å². The van der Waals surface area contributed by atoms with Gasteiger partial charge in [-0.25, -0.2) is 0 Å². The summed E-state index contributed by atoms with van der Waals surface area (Å²) < 4.78 is 5.31. The van der Waals surface area contributed by atoms with Crippen LogP contribution < -0.4 is 4.74 Å². The number of aromatic hydroxyl groups is 1. The Labute approximate surface area is 238 Å². The first-order valence-corrected chi connectivity index (χ1v) is 13.8. The number of fused-ring (bicyclic) bond motifs is 1. The van der Waals surface area contributed by atoms with Crippen LogP contribution in [0.2, 0.25) is 5.02 Å². The fourth-order valence-electron chi connectivity index (χ4n) is 5.30. The van der Waals surface area contributed by atoms with Crippen LogP contribution in [0.25, 0.3) is 33.2 Å². The smallest absolute Gasteiger partial charge is 0.253 e. The largest absolute Gasteiger partial charge is 0.503 e. The zero-order valence-electron chi connectivity index (χ0n) is 22.5. The number of aromatic nitrogens is 1. The van der Waals surface area contributed by atoms with Crippen LogP contribution in [-0.4, -0.2) is 71.9 Å². The maximum atomic E-state index is 13.4. The van der Waals surface area contributed by atoms with Crippen molar-refractivity contribution >= 4 is 34.2 Å². The van der Waals surface area contributed by atoms with E-state index in [-0.39, 0.29) is 34.1 Å². The Morgan fingerprint density at radius 2 is 1.65 bits per heavy atom. The monoisotopic (exact) mass is 555 g/mol. The fraction of sp³-hybridized carbons (Fsp3) is 0.281. The number of Topliss-reactive ketones (excluding diaryl/α,β-unsaturated/α-hetero) is 1. The molecule has 7 nitrogen and oxygen atoms in total. The Bertz CT molecular complexity index is 1620. The first kappa shape index (κ1) is 26.3. The number of carbonyl (C=O) groups is 2. The van der Waals surface area contributed by atoms with Crippen LogP contribution in [0.15, 0.2) is 60.8 Å². The summed E-state index contributed by atoms with van der Waals surface area (Å²) in [6.07, 6.45) is 3.46. The quantitative estimate of drug-likeness (QED) is 0.298. The molecule has 1 aromatic heterocycles. The number of likely N-dealkylation sites (N-methyl/N-ethyl adjacent to an activating group) is 1. The SMILES string of the molecule is COc1cc(-c2ccc3ncc(C(=O)C4CC4)c(-c4ccc(C(=O)N5CCN(C)CC5)cc4)c3c2)cc(Cl)c1O. The molecule has 3 aromatic carbocycles. The van der Waals surface area contributed by atoms with Crippen LogP contribution in [0.5, 0.6) is 11.5 Å². The van der Waals surface area contributed by atoms with Crippen molar-refractivity contribution in [2.75, 3.05) is 40.3 Å². The van der Waals surface area contributed by atoms with Crippen molar-refractivity contribution in [1.29, 1.82) is 0 Å². The number of hydrogen-bond acceptors (Lipinski definition) is 6. The first-order valence-electron chi connectivity index (χ1n) is 13.5. The molecule has 40 heavy (non-hydrogen) atoms. The molecule has 2 fully saturated rings. The van der Waals surface area contributed by atoms with Crippen molar-refractivity contribution in [3.05, 3.63) is 76.9 Å². The molecule has 2 aliphatic rings. The molecule has 0 bridgehead atoms. The summed E-state index contributed by atoms with van der Waals surface area (Å²) in [5.41, 5.74) is 5.23. The van der Waals surface area contributed by atoms with Crippen molar-refractivity contribution in [2.45, 2.75) is 12.8 Å². The second-order valence-electron chi connectivity index (χ2n) is 10.6. The van der Waals surface area contributed by atoms with E-state index in [4.69, 9.17) is 16.3 Å². The third-order valence-corrected chi connectivity index (χ3v) is 8.16. The Kier molecular flexibility index (Phi) is 6.94. The highest BCUT2D eigenvalue weighted by molar-refractivity contribution is 6.32. The molecule has 1 aliphatic carbocycles. The van der Waals surface area contributed by atoms with Crippen molar-refractivity contribution in [3.63, 3.8) is 0 Å². The molecule has 0 radical (unpaired) electrons. The molecule has 0 spiro atoms. The minimum atomic E-state index is -0.111. The maximum absolute atomic E-state index is 13.4. The highest BCUT2D eigenvalue weighted by Crippen LogP contribution is 2.42. The number of phenols is 1. The number of benzene rings is 3. The van der Waals surface area contributed by atoms with Gasteiger partial charge < -0.3 is 19.6 Å². The zero-order chi connectivity index (χ0) is 28.0. The number of phenolic OH excluding ortho intramolecular Hbond substituents is 1. The lowest BCUT2D eigenvalue weighted by atomic mass is 9.91. The lowest BCUT2D eigenvalue weighted by Gasteiger charge is -2.32. The zero-order valence-corrected chi connectivity index (χ0v) is 23.2. The van der Waals surface area contributed by atoms with E-state index < -0.39 is 0 Å². The van der Waals surface area contributed by atoms with Crippen LogP contribution in [-0.2, 0) is 0 Å². The van der Waals surface area contributed by atoms with Gasteiger partial charge in [-0.2, -0.15) is 0 Å². The maximum Gasteiger partial charge on any atom is 0.253 e. The van der Waals surface area contributed by atoms with Gasteiger partial charge in [0.05, 0.1) is 17.6 Å². The minimum Gasteiger partial charge on any atom is -0.503 e. The number of piperazine rings is 1. The van der Waals surface area contributed by atoms with Crippen molar-refractivity contribution in [1.82, 2.24) is 14.8 Å². The molecule has 0 atom stereocenters. The number of amides is 1. The second-order valence-corrected chi connectivity index (χ2v) is 11.0. The molecule has 0 unspecified atom stereocenters. The Hall–Kier alpha value is -3.94. The molecule has 6 rings (SSSR count). The molecule has 204 valence electrons. The van der Waals surface area contributed by atoms with Gasteiger partial charge in [0.15, 0.2) is 17.3 Å². The number of rotatable bonds is 6. The molecule has 1 amide bonds. The lowest BCUT2D eigenvalue weighted by molar-refractivity contribution is 0.0664. The summed E-state index contributed by atoms with van der Waals surface area (Å²) in [6.45, 7) is 3.14. The van der Waals surface area contributed by atoms with Gasteiger partial charge in [-0.05, 0) is 73.0 Å². The van der Waals surface area contributed by atoms with E-state index >= 15 is 0 Å². The summed E-state index contributed by atoms with van der Waals surface area (Å²) in [5, 5.41) is 11.2. The number of halogens is 1. The molecule has 4 aromatic rings. The molecule has 1 saturated heterocycles. The van der Waals surface area contributed by atoms with E-state index in [0.717, 1.165) is 59.1 Å². The number of carbonyl (C=O) groups excluding carboxylic acids is 2. The fourth-order valence-corrected chi connectivity index (χ4v) is 5.51. The molecular formula is C32H30ClN3O4. The van der Waals surface area contributed by atoms with Crippen LogP contribution in [0.1, 0.15) is 33.6 Å². The predicted octanol–water partition coefficient (Wildman–Crippen LogP) is 5.92. The minimum absolute atomic E-state index is 0.0222. The number of hydrogen-bond donors (Lipinski definition) is 1. The number of pyridine rings is 1. The van der Waals surface area contributed by atoms with E-state index in [0.29, 0.717) is 24.2 Å². The van der Waals surface area contributed by atoms with Gasteiger partial charge in [0.25, 0.3) is 5.91 Å². The number of nitrogens with zero attached hydrogens (tertiary/aromatic N) is 3. The normalized spacial score (nSPS) is 15.8. The molecule has 8 heteroatoms. The molecule has 1 N–H and O–H groups in total. The van der Waals surface area contributed by atoms with Crippen LogP contribution in [0.4, 0.5) is 0 Å². The first-order chi connectivity index (χ1) is 19.3.